The van der Waals surface area contributed by atoms with Crippen molar-refractivity contribution in [3.63, 3.8) is 0 Å². The van der Waals surface area contributed by atoms with E-state index >= 15 is 0 Å². The molecule has 0 unspecified atom stereocenters. The zero-order valence-corrected chi connectivity index (χ0v) is 14.1. The van der Waals surface area contributed by atoms with Crippen LogP contribution in [-0.2, 0) is 13.0 Å². The lowest BCUT2D eigenvalue weighted by atomic mass is 10.0. The summed E-state index contributed by atoms with van der Waals surface area (Å²) in [5, 5.41) is 6.03. The van der Waals surface area contributed by atoms with E-state index in [1.54, 1.807) is 0 Å². The topological polar surface area (TPSA) is 43.6 Å². The van der Waals surface area contributed by atoms with Gasteiger partial charge in [-0.1, -0.05) is 30.3 Å². The Morgan fingerprint density at radius 1 is 0.880 bits per heavy atom. The van der Waals surface area contributed by atoms with Gasteiger partial charge in [0, 0.05) is 23.3 Å². The van der Waals surface area contributed by atoms with Gasteiger partial charge in [-0.25, -0.2) is 4.98 Å². The summed E-state index contributed by atoms with van der Waals surface area (Å²) >= 11 is 0. The van der Waals surface area contributed by atoms with E-state index in [1.807, 2.05) is 37.3 Å². The molecule has 4 heteroatoms. The summed E-state index contributed by atoms with van der Waals surface area (Å²) in [6.07, 6.45) is 2.19. The molecule has 1 aliphatic rings. The fourth-order valence-electron chi connectivity index (χ4n) is 3.66. The zero-order chi connectivity index (χ0) is 16.8. The number of aryl methyl sites for hydroxylation is 2. The predicted molar refractivity (Wildman–Crippen MR) is 99.3 cm³/mol. The summed E-state index contributed by atoms with van der Waals surface area (Å²) in [5.74, 6) is 0. The van der Waals surface area contributed by atoms with E-state index in [0.717, 1.165) is 58.6 Å². The lowest BCUT2D eigenvalue weighted by molar-refractivity contribution is 0.658. The normalized spacial score (nSPS) is 13.3. The molecule has 0 aliphatic carbocycles. The van der Waals surface area contributed by atoms with E-state index in [4.69, 9.17) is 15.1 Å². The SMILES string of the molecule is Cc1cccc(-c2nn3c(c2-c2ccc4ccccc4n2)CCC3)n1. The first kappa shape index (κ1) is 14.3. The van der Waals surface area contributed by atoms with E-state index in [2.05, 4.69) is 28.9 Å². The third-order valence-electron chi connectivity index (χ3n) is 4.83. The van der Waals surface area contributed by atoms with Crippen molar-refractivity contribution in [2.75, 3.05) is 0 Å². The highest BCUT2D eigenvalue weighted by molar-refractivity contribution is 5.85. The van der Waals surface area contributed by atoms with Crippen LogP contribution in [0.5, 0.6) is 0 Å². The fraction of sp³-hybridized carbons (Fsp3) is 0.190. The van der Waals surface area contributed by atoms with Crippen molar-refractivity contribution in [2.24, 2.45) is 0 Å². The number of pyridine rings is 2. The van der Waals surface area contributed by atoms with Crippen LogP contribution in [-0.4, -0.2) is 19.7 Å². The van der Waals surface area contributed by atoms with Crippen LogP contribution in [0.2, 0.25) is 0 Å². The van der Waals surface area contributed by atoms with Gasteiger partial charge < -0.3 is 0 Å². The molecule has 4 nitrogen and oxygen atoms in total. The first-order chi connectivity index (χ1) is 12.3. The van der Waals surface area contributed by atoms with Crippen LogP contribution >= 0.6 is 0 Å². The molecule has 0 N–H and O–H groups in total. The molecule has 0 radical (unpaired) electrons. The molecular weight excluding hydrogens is 308 g/mol. The molecular formula is C21H18N4. The molecule has 25 heavy (non-hydrogen) atoms. The molecule has 3 aromatic heterocycles. The molecule has 122 valence electrons. The number of nitrogens with zero attached hydrogens (tertiary/aromatic N) is 4. The average Bonchev–Trinajstić information content (AvgIpc) is 3.22. The molecule has 1 aliphatic heterocycles. The minimum absolute atomic E-state index is 0.923. The Morgan fingerprint density at radius 2 is 1.80 bits per heavy atom. The lowest BCUT2D eigenvalue weighted by Crippen LogP contribution is -1.95. The number of fused-ring (bicyclic) bond motifs is 2. The van der Waals surface area contributed by atoms with Crippen molar-refractivity contribution in [3.8, 4) is 22.6 Å². The Kier molecular flexibility index (Phi) is 3.17. The maximum atomic E-state index is 4.92. The molecule has 0 atom stereocenters. The number of hydrogen-bond donors (Lipinski definition) is 0. The lowest BCUT2D eigenvalue weighted by Gasteiger charge is -2.06. The van der Waals surface area contributed by atoms with Crippen molar-refractivity contribution in [1.29, 1.82) is 0 Å². The van der Waals surface area contributed by atoms with Gasteiger partial charge in [-0.2, -0.15) is 5.10 Å². The maximum Gasteiger partial charge on any atom is 0.120 e. The number of para-hydroxylation sites is 1. The van der Waals surface area contributed by atoms with Gasteiger partial charge in [0.2, 0.25) is 0 Å². The summed E-state index contributed by atoms with van der Waals surface area (Å²) in [7, 11) is 0. The van der Waals surface area contributed by atoms with Crippen LogP contribution in [0.15, 0.2) is 54.6 Å². The van der Waals surface area contributed by atoms with Crippen molar-refractivity contribution in [2.45, 2.75) is 26.3 Å². The number of benzene rings is 1. The van der Waals surface area contributed by atoms with E-state index in [0.29, 0.717) is 0 Å². The number of rotatable bonds is 2. The Morgan fingerprint density at radius 3 is 2.72 bits per heavy atom. The largest absolute Gasteiger partial charge is 0.268 e. The standard InChI is InChI=1S/C21H18N4/c1-14-6-4-9-18(22-14)21-20(19-10-5-13-25(19)24-21)17-12-11-15-7-2-3-8-16(15)23-17/h2-4,6-9,11-12H,5,10,13H2,1H3. The molecule has 4 heterocycles. The minimum Gasteiger partial charge on any atom is -0.268 e. The summed E-state index contributed by atoms with van der Waals surface area (Å²) in [6, 6.07) is 18.6. The molecule has 0 spiro atoms. The van der Waals surface area contributed by atoms with Crippen LogP contribution < -0.4 is 0 Å². The second-order valence-electron chi connectivity index (χ2n) is 6.55. The van der Waals surface area contributed by atoms with Crippen molar-refractivity contribution in [3.05, 3.63) is 66.0 Å². The van der Waals surface area contributed by atoms with Gasteiger partial charge >= 0.3 is 0 Å². The minimum atomic E-state index is 0.923. The van der Waals surface area contributed by atoms with Gasteiger partial charge in [-0.05, 0) is 44.0 Å². The van der Waals surface area contributed by atoms with Crippen molar-refractivity contribution in [1.82, 2.24) is 19.7 Å². The summed E-state index contributed by atoms with van der Waals surface area (Å²) < 4.78 is 2.13. The monoisotopic (exact) mass is 326 g/mol. The highest BCUT2D eigenvalue weighted by Crippen LogP contribution is 2.36. The van der Waals surface area contributed by atoms with Crippen LogP contribution in [0.4, 0.5) is 0 Å². The van der Waals surface area contributed by atoms with E-state index < -0.39 is 0 Å². The first-order valence-corrected chi connectivity index (χ1v) is 8.69. The zero-order valence-electron chi connectivity index (χ0n) is 14.1. The highest BCUT2D eigenvalue weighted by Gasteiger charge is 2.25. The molecule has 0 saturated heterocycles. The smallest absolute Gasteiger partial charge is 0.120 e. The second kappa shape index (κ2) is 5.52. The summed E-state index contributed by atoms with van der Waals surface area (Å²) in [6.45, 7) is 2.99. The molecule has 5 rings (SSSR count). The third kappa shape index (κ3) is 2.33. The van der Waals surface area contributed by atoms with Crippen LogP contribution in [0, 0.1) is 6.92 Å². The Labute approximate surface area is 146 Å². The average molecular weight is 326 g/mol. The van der Waals surface area contributed by atoms with Crippen LogP contribution in [0.25, 0.3) is 33.5 Å². The molecule has 0 saturated carbocycles. The van der Waals surface area contributed by atoms with Gasteiger partial charge in [-0.3, -0.25) is 9.67 Å². The fourth-order valence-corrected chi connectivity index (χ4v) is 3.66. The first-order valence-electron chi connectivity index (χ1n) is 8.69. The van der Waals surface area contributed by atoms with Crippen molar-refractivity contribution >= 4 is 10.9 Å². The van der Waals surface area contributed by atoms with E-state index in [1.165, 1.54) is 5.69 Å². The molecule has 0 fully saturated rings. The van der Waals surface area contributed by atoms with Gasteiger partial charge in [-0.15, -0.1) is 0 Å². The van der Waals surface area contributed by atoms with Crippen LogP contribution in [0.1, 0.15) is 17.8 Å². The van der Waals surface area contributed by atoms with E-state index in [-0.39, 0.29) is 0 Å². The van der Waals surface area contributed by atoms with Gasteiger partial charge in [0.05, 0.1) is 22.5 Å². The van der Waals surface area contributed by atoms with Gasteiger partial charge in [0.1, 0.15) is 5.69 Å². The van der Waals surface area contributed by atoms with E-state index in [9.17, 15) is 0 Å². The molecule has 0 amide bonds. The Hall–Kier alpha value is -3.01. The van der Waals surface area contributed by atoms with Crippen molar-refractivity contribution < 1.29 is 0 Å². The Balaban J connectivity index is 1.76. The van der Waals surface area contributed by atoms with Gasteiger partial charge in [0.25, 0.3) is 0 Å². The quantitative estimate of drug-likeness (QED) is 0.548. The predicted octanol–water partition coefficient (Wildman–Crippen LogP) is 4.41. The Bertz CT molecular complexity index is 1090. The summed E-state index contributed by atoms with van der Waals surface area (Å²) in [5.41, 5.74) is 7.29. The molecule has 4 aromatic rings. The molecule has 1 aromatic carbocycles. The molecule has 0 bridgehead atoms. The third-order valence-corrected chi connectivity index (χ3v) is 4.83. The summed E-state index contributed by atoms with van der Waals surface area (Å²) in [4.78, 5) is 9.62. The number of aromatic nitrogens is 4. The number of hydrogen-bond acceptors (Lipinski definition) is 3. The maximum absolute atomic E-state index is 4.92. The van der Waals surface area contributed by atoms with Gasteiger partial charge in [0.15, 0.2) is 0 Å². The second-order valence-corrected chi connectivity index (χ2v) is 6.55. The highest BCUT2D eigenvalue weighted by atomic mass is 15.3. The van der Waals surface area contributed by atoms with Crippen LogP contribution in [0.3, 0.4) is 0 Å².